The molecule has 8 nitrogen and oxygen atoms in total. The molecule has 39 heavy (non-hydrogen) atoms. The highest BCUT2D eigenvalue weighted by atomic mass is 35.5. The number of aryl methyl sites for hydroxylation is 1. The molecule has 3 aromatic carbocycles. The zero-order valence-electron chi connectivity index (χ0n) is 21.4. The summed E-state index contributed by atoms with van der Waals surface area (Å²) in [5.74, 6) is -0.0526. The smallest absolute Gasteiger partial charge is 0.264 e. The number of methoxy groups -OCH3 is 1. The first-order valence-electron chi connectivity index (χ1n) is 11.8. The van der Waals surface area contributed by atoms with Crippen molar-refractivity contribution in [1.29, 1.82) is 0 Å². The van der Waals surface area contributed by atoms with Crippen molar-refractivity contribution < 1.29 is 17.9 Å². The second-order valence-electron chi connectivity index (χ2n) is 8.58. The summed E-state index contributed by atoms with van der Waals surface area (Å²) in [6.07, 6.45) is 1.51. The molecule has 0 spiro atoms. The van der Waals surface area contributed by atoms with E-state index in [9.17, 15) is 13.2 Å². The number of nitrogens with one attached hydrogen (secondary N) is 1. The van der Waals surface area contributed by atoms with E-state index in [0.29, 0.717) is 21.5 Å². The zero-order valence-corrected chi connectivity index (χ0v) is 23.8. The summed E-state index contributed by atoms with van der Waals surface area (Å²) >= 11 is 12.2. The van der Waals surface area contributed by atoms with Crippen molar-refractivity contribution in [1.82, 2.24) is 9.99 Å². The van der Waals surface area contributed by atoms with E-state index in [2.05, 4.69) is 10.5 Å². The molecule has 0 aliphatic rings. The molecule has 0 saturated heterocycles. The number of halogens is 2. The van der Waals surface area contributed by atoms with Crippen LogP contribution in [0.5, 0.6) is 5.75 Å². The van der Waals surface area contributed by atoms with E-state index in [1.54, 1.807) is 54.6 Å². The minimum absolute atomic E-state index is 0.0619. The van der Waals surface area contributed by atoms with Gasteiger partial charge in [0.1, 0.15) is 12.3 Å². The van der Waals surface area contributed by atoms with Gasteiger partial charge in [0.05, 0.1) is 34.0 Å². The molecule has 0 fully saturated rings. The van der Waals surface area contributed by atoms with E-state index in [0.717, 1.165) is 26.9 Å². The van der Waals surface area contributed by atoms with E-state index < -0.39 is 22.5 Å². The number of hydrogen-bond acceptors (Lipinski definition) is 5. The van der Waals surface area contributed by atoms with Crippen LogP contribution in [0.3, 0.4) is 0 Å². The van der Waals surface area contributed by atoms with Gasteiger partial charge < -0.3 is 9.30 Å². The lowest BCUT2D eigenvalue weighted by atomic mass is 10.2. The maximum atomic E-state index is 13.4. The number of nitrogens with zero attached hydrogens (tertiary/aromatic N) is 3. The molecule has 4 rings (SSSR count). The number of carbonyl (C=O) groups is 1. The molecule has 0 atom stereocenters. The Bertz CT molecular complexity index is 1620. The van der Waals surface area contributed by atoms with Crippen LogP contribution in [-0.4, -0.2) is 38.8 Å². The topological polar surface area (TPSA) is 93.0 Å². The van der Waals surface area contributed by atoms with Gasteiger partial charge >= 0.3 is 0 Å². The summed E-state index contributed by atoms with van der Waals surface area (Å²) in [7, 11) is -2.52. The van der Waals surface area contributed by atoms with E-state index >= 15 is 0 Å². The molecule has 0 bridgehead atoms. The van der Waals surface area contributed by atoms with Gasteiger partial charge in [0.25, 0.3) is 15.9 Å². The molecule has 1 aromatic heterocycles. The molecule has 1 amide bonds. The lowest BCUT2D eigenvalue weighted by molar-refractivity contribution is -0.119. The molecule has 0 unspecified atom stereocenters. The highest BCUT2D eigenvalue weighted by Crippen LogP contribution is 2.28. The molecule has 202 valence electrons. The molecule has 4 aromatic rings. The summed E-state index contributed by atoms with van der Waals surface area (Å²) in [6, 6.07) is 21.6. The fourth-order valence-electron chi connectivity index (χ4n) is 4.06. The molecule has 1 N–H and O–H groups in total. The number of rotatable bonds is 9. The van der Waals surface area contributed by atoms with Gasteiger partial charge in [0.2, 0.25) is 0 Å². The lowest BCUT2D eigenvalue weighted by Crippen LogP contribution is -2.39. The summed E-state index contributed by atoms with van der Waals surface area (Å²) in [4.78, 5) is 12.9. The minimum Gasteiger partial charge on any atom is -0.497 e. The monoisotopic (exact) mass is 584 g/mol. The van der Waals surface area contributed by atoms with Crippen LogP contribution in [0, 0.1) is 13.8 Å². The summed E-state index contributed by atoms with van der Waals surface area (Å²) in [5, 5.41) is 4.99. The van der Waals surface area contributed by atoms with Gasteiger partial charge in [-0.1, -0.05) is 41.4 Å². The van der Waals surface area contributed by atoms with Crippen LogP contribution >= 0.6 is 23.2 Å². The van der Waals surface area contributed by atoms with Crippen molar-refractivity contribution in [3.63, 3.8) is 0 Å². The third-order valence-electron chi connectivity index (χ3n) is 6.00. The predicted molar refractivity (Wildman–Crippen MR) is 155 cm³/mol. The summed E-state index contributed by atoms with van der Waals surface area (Å²) in [5.41, 5.74) is 6.15. The number of benzene rings is 3. The largest absolute Gasteiger partial charge is 0.497 e. The maximum Gasteiger partial charge on any atom is 0.264 e. The van der Waals surface area contributed by atoms with Gasteiger partial charge in [-0.3, -0.25) is 9.10 Å². The van der Waals surface area contributed by atoms with Crippen LogP contribution in [0.4, 0.5) is 5.69 Å². The molecule has 1 heterocycles. The second kappa shape index (κ2) is 11.9. The standard InChI is InChI=1S/C28H26Cl2N4O4S/c1-19-15-21(20(2)34(19)23-11-14-26(29)27(30)16-23)17-31-32-28(35)18-33(22-9-12-24(38-3)13-10-22)39(36,37)25-7-5-4-6-8-25/h4-17H,18H2,1-3H3,(H,32,35)/b31-17-. The average Bonchev–Trinajstić information content (AvgIpc) is 3.21. The van der Waals surface area contributed by atoms with Gasteiger partial charge in [-0.15, -0.1) is 0 Å². The van der Waals surface area contributed by atoms with Crippen LogP contribution in [0.1, 0.15) is 17.0 Å². The van der Waals surface area contributed by atoms with Crippen LogP contribution < -0.4 is 14.5 Å². The van der Waals surface area contributed by atoms with Crippen LogP contribution in [0.2, 0.25) is 10.0 Å². The first kappa shape index (κ1) is 28.2. The fraction of sp³-hybridized carbons (Fsp3) is 0.143. The molecule has 0 saturated carbocycles. The Morgan fingerprint density at radius 2 is 1.69 bits per heavy atom. The molecule has 0 aliphatic carbocycles. The van der Waals surface area contributed by atoms with Crippen LogP contribution in [0.25, 0.3) is 5.69 Å². The Kier molecular flexibility index (Phi) is 8.64. The van der Waals surface area contributed by atoms with Crippen molar-refractivity contribution in [3.8, 4) is 11.4 Å². The Morgan fingerprint density at radius 3 is 2.33 bits per heavy atom. The number of anilines is 1. The Hall–Kier alpha value is -3.79. The lowest BCUT2D eigenvalue weighted by Gasteiger charge is -2.23. The van der Waals surface area contributed by atoms with Crippen molar-refractivity contribution in [2.45, 2.75) is 18.7 Å². The minimum atomic E-state index is -4.04. The first-order valence-corrected chi connectivity index (χ1v) is 14.0. The number of sulfonamides is 1. The third-order valence-corrected chi connectivity index (χ3v) is 8.53. The molecule has 0 aliphatic heterocycles. The number of hydrogen-bond donors (Lipinski definition) is 1. The van der Waals surface area contributed by atoms with Crippen molar-refractivity contribution in [2.24, 2.45) is 5.10 Å². The molecular weight excluding hydrogens is 559 g/mol. The van der Waals surface area contributed by atoms with Gasteiger partial charge in [-0.2, -0.15) is 5.10 Å². The van der Waals surface area contributed by atoms with Gasteiger partial charge in [0, 0.05) is 22.6 Å². The van der Waals surface area contributed by atoms with Gasteiger partial charge in [0.15, 0.2) is 0 Å². The molecule has 0 radical (unpaired) electrons. The highest BCUT2D eigenvalue weighted by Gasteiger charge is 2.27. The quantitative estimate of drug-likeness (QED) is 0.200. The summed E-state index contributed by atoms with van der Waals surface area (Å²) < 4.78 is 35.1. The zero-order chi connectivity index (χ0) is 28.2. The third kappa shape index (κ3) is 6.27. The van der Waals surface area contributed by atoms with E-state index in [-0.39, 0.29) is 4.90 Å². The fourth-order valence-corrected chi connectivity index (χ4v) is 5.80. The van der Waals surface area contributed by atoms with Crippen molar-refractivity contribution in [2.75, 3.05) is 18.0 Å². The van der Waals surface area contributed by atoms with Crippen molar-refractivity contribution in [3.05, 3.63) is 106 Å². The Balaban J connectivity index is 1.55. The van der Waals surface area contributed by atoms with E-state index in [1.165, 1.54) is 25.5 Å². The SMILES string of the molecule is COc1ccc(N(CC(=O)N/N=C\c2cc(C)n(-c3ccc(Cl)c(Cl)c3)c2C)S(=O)(=O)c2ccccc2)cc1. The van der Waals surface area contributed by atoms with E-state index in [4.69, 9.17) is 27.9 Å². The first-order chi connectivity index (χ1) is 18.6. The highest BCUT2D eigenvalue weighted by molar-refractivity contribution is 7.92. The second-order valence-corrected chi connectivity index (χ2v) is 11.3. The summed E-state index contributed by atoms with van der Waals surface area (Å²) in [6.45, 7) is 3.37. The normalized spacial score (nSPS) is 11.5. The number of ether oxygens (including phenoxy) is 1. The van der Waals surface area contributed by atoms with Crippen molar-refractivity contribution >= 4 is 51.0 Å². The van der Waals surface area contributed by atoms with Gasteiger partial charge in [-0.25, -0.2) is 13.8 Å². The van der Waals surface area contributed by atoms with Gasteiger partial charge in [-0.05, 0) is 74.5 Å². The number of amides is 1. The Morgan fingerprint density at radius 1 is 1.00 bits per heavy atom. The molecular formula is C28H26Cl2N4O4S. The number of aromatic nitrogens is 1. The number of hydrazone groups is 1. The van der Waals surface area contributed by atoms with Crippen LogP contribution in [-0.2, 0) is 14.8 Å². The number of carbonyl (C=O) groups excluding carboxylic acids is 1. The van der Waals surface area contributed by atoms with Crippen LogP contribution in [0.15, 0.2) is 88.9 Å². The van der Waals surface area contributed by atoms with E-state index in [1.807, 2.05) is 30.5 Å². The maximum absolute atomic E-state index is 13.4. The Labute approximate surface area is 237 Å². The average molecular weight is 586 g/mol. The predicted octanol–water partition coefficient (Wildman–Crippen LogP) is 5.76. The molecule has 11 heteroatoms.